The summed E-state index contributed by atoms with van der Waals surface area (Å²) in [5.74, 6) is 0. The molecule has 3 heteroatoms. The molecule has 0 aliphatic heterocycles. The van der Waals surface area contributed by atoms with E-state index >= 15 is 0 Å². The van der Waals surface area contributed by atoms with Crippen LogP contribution in [0.3, 0.4) is 0 Å². The molecule has 0 fully saturated rings. The van der Waals surface area contributed by atoms with Crippen LogP contribution < -0.4 is 0 Å². The van der Waals surface area contributed by atoms with Gasteiger partial charge >= 0.3 is 102 Å². The molecule has 0 bridgehead atoms. The second-order valence-electron chi connectivity index (χ2n) is 5.25. The van der Waals surface area contributed by atoms with Crippen molar-refractivity contribution in [2.75, 3.05) is 13.1 Å². The second kappa shape index (κ2) is 6.45. The molecule has 0 aromatic carbocycles. The first-order chi connectivity index (χ1) is 6.78. The summed E-state index contributed by atoms with van der Waals surface area (Å²) < 4.78 is 5.52. The Hall–Kier alpha value is 0.719. The van der Waals surface area contributed by atoms with Crippen LogP contribution in [-0.2, 0) is 0 Å². The van der Waals surface area contributed by atoms with Crippen LogP contribution in [-0.4, -0.2) is 50.3 Å². The molecule has 0 atom stereocenters. The molecule has 92 valence electrons. The molecular weight excluding hydrogens is 291 g/mol. The van der Waals surface area contributed by atoms with Gasteiger partial charge in [-0.2, -0.15) is 0 Å². The van der Waals surface area contributed by atoms with E-state index < -0.39 is 18.9 Å². The first kappa shape index (κ1) is 15.7. The molecule has 0 radical (unpaired) electrons. The fraction of sp³-hybridized carbons (Fsp3) is 1.00. The van der Waals surface area contributed by atoms with Gasteiger partial charge in [-0.25, -0.2) is 0 Å². The van der Waals surface area contributed by atoms with Crippen LogP contribution in [0.5, 0.6) is 0 Å². The summed E-state index contributed by atoms with van der Waals surface area (Å²) in [4.78, 5) is 5.09. The van der Waals surface area contributed by atoms with Crippen molar-refractivity contribution < 1.29 is 0 Å². The third kappa shape index (κ3) is 3.90. The standard InChI is InChI=1S/2C5H12N.2CH3.Sn/c2*1-4-6-5(2)3;;;/h2*5H,4H2,1-3H3;2*1H3;/q2*-1;;;+2. The van der Waals surface area contributed by atoms with Crippen molar-refractivity contribution in [3.63, 3.8) is 0 Å². The molecule has 0 spiro atoms. The molecule has 0 aromatic heterocycles. The molecule has 0 unspecified atom stereocenters. The van der Waals surface area contributed by atoms with Gasteiger partial charge in [-0.15, -0.1) is 0 Å². The van der Waals surface area contributed by atoms with Crippen LogP contribution in [0.1, 0.15) is 41.5 Å². The van der Waals surface area contributed by atoms with Gasteiger partial charge in [0.05, 0.1) is 0 Å². The van der Waals surface area contributed by atoms with E-state index in [9.17, 15) is 0 Å². The molecule has 15 heavy (non-hydrogen) atoms. The summed E-state index contributed by atoms with van der Waals surface area (Å²) in [5.41, 5.74) is 0. The van der Waals surface area contributed by atoms with Gasteiger partial charge in [-0.1, -0.05) is 0 Å². The van der Waals surface area contributed by atoms with Crippen LogP contribution in [0.2, 0.25) is 9.88 Å². The third-order valence-electron chi connectivity index (χ3n) is 3.33. The zero-order chi connectivity index (χ0) is 12.2. The van der Waals surface area contributed by atoms with Crippen molar-refractivity contribution in [1.29, 1.82) is 0 Å². The van der Waals surface area contributed by atoms with Gasteiger partial charge in [0.2, 0.25) is 0 Å². The summed E-state index contributed by atoms with van der Waals surface area (Å²) in [7, 11) is 0. The topological polar surface area (TPSA) is 6.48 Å². The first-order valence-electron chi connectivity index (χ1n) is 6.32. The molecule has 0 saturated heterocycles. The third-order valence-corrected chi connectivity index (χ3v) is 16.1. The Labute approximate surface area is 102 Å². The van der Waals surface area contributed by atoms with Gasteiger partial charge in [-0.05, 0) is 0 Å². The minimum atomic E-state index is -2.22. The van der Waals surface area contributed by atoms with Gasteiger partial charge in [-0.3, -0.25) is 0 Å². The minimum absolute atomic E-state index is 0.689. The molecule has 0 aromatic rings. The van der Waals surface area contributed by atoms with Gasteiger partial charge in [0.15, 0.2) is 0 Å². The molecule has 0 aliphatic rings. The molecule has 2 nitrogen and oxygen atoms in total. The van der Waals surface area contributed by atoms with Crippen LogP contribution in [0, 0.1) is 0 Å². The van der Waals surface area contributed by atoms with Crippen molar-refractivity contribution in [1.82, 2.24) is 6.24 Å². The number of hydrogen-bond donors (Lipinski definition) is 0. The van der Waals surface area contributed by atoms with Crippen molar-refractivity contribution in [3.8, 4) is 0 Å². The zero-order valence-electron chi connectivity index (χ0n) is 12.0. The van der Waals surface area contributed by atoms with Gasteiger partial charge in [0.1, 0.15) is 0 Å². The zero-order valence-corrected chi connectivity index (χ0v) is 14.8. The average Bonchev–Trinajstić information content (AvgIpc) is 2.02. The molecule has 0 saturated carbocycles. The van der Waals surface area contributed by atoms with Gasteiger partial charge in [0.25, 0.3) is 0 Å². The predicted octanol–water partition coefficient (Wildman–Crippen LogP) is 3.15. The van der Waals surface area contributed by atoms with Crippen LogP contribution in [0.15, 0.2) is 0 Å². The van der Waals surface area contributed by atoms with E-state index in [1.165, 1.54) is 13.1 Å². The SMILES string of the molecule is CC[N](C(C)C)[Sn]([CH3])([CH3])[N](CC)C(C)C. The van der Waals surface area contributed by atoms with Gasteiger partial charge < -0.3 is 0 Å². The van der Waals surface area contributed by atoms with Crippen LogP contribution in [0.25, 0.3) is 0 Å². The Balaban J connectivity index is 4.88. The maximum atomic E-state index is 2.76. The van der Waals surface area contributed by atoms with Crippen LogP contribution >= 0.6 is 0 Å². The molecule has 0 amide bonds. The van der Waals surface area contributed by atoms with E-state index in [2.05, 4.69) is 57.7 Å². The summed E-state index contributed by atoms with van der Waals surface area (Å²) in [5, 5.41) is 0. The van der Waals surface area contributed by atoms with Gasteiger partial charge in [0, 0.05) is 0 Å². The van der Waals surface area contributed by atoms with E-state index in [0.29, 0.717) is 12.1 Å². The first-order valence-corrected chi connectivity index (χ1v) is 14.6. The normalized spacial score (nSPS) is 13.6. The van der Waals surface area contributed by atoms with E-state index in [-0.39, 0.29) is 0 Å². The van der Waals surface area contributed by atoms with Crippen molar-refractivity contribution in [3.05, 3.63) is 0 Å². The molecular formula is C12H30N2Sn. The Kier molecular flexibility index (Phi) is 6.76. The maximum absolute atomic E-state index is 2.76. The van der Waals surface area contributed by atoms with E-state index in [4.69, 9.17) is 0 Å². The summed E-state index contributed by atoms with van der Waals surface area (Å²) in [6.45, 7) is 16.3. The Morgan fingerprint density at radius 3 is 1.20 bits per heavy atom. The number of nitrogens with zero attached hydrogens (tertiary/aromatic N) is 2. The Morgan fingerprint density at radius 1 is 0.800 bits per heavy atom. The number of rotatable bonds is 6. The second-order valence-corrected chi connectivity index (χ2v) is 17.1. The van der Waals surface area contributed by atoms with E-state index in [1.54, 1.807) is 0 Å². The average molecular weight is 321 g/mol. The van der Waals surface area contributed by atoms with Crippen molar-refractivity contribution in [2.45, 2.75) is 63.5 Å². The summed E-state index contributed by atoms with van der Waals surface area (Å²) in [6, 6.07) is 1.38. The molecule has 0 N–H and O–H groups in total. The fourth-order valence-corrected chi connectivity index (χ4v) is 15.5. The predicted molar refractivity (Wildman–Crippen MR) is 72.5 cm³/mol. The summed E-state index contributed by atoms with van der Waals surface area (Å²) >= 11 is -2.22. The van der Waals surface area contributed by atoms with E-state index in [1.807, 2.05) is 0 Å². The van der Waals surface area contributed by atoms with Crippen LogP contribution in [0.4, 0.5) is 0 Å². The Morgan fingerprint density at radius 2 is 1.07 bits per heavy atom. The summed E-state index contributed by atoms with van der Waals surface area (Å²) in [6.07, 6.45) is 0. The molecule has 0 heterocycles. The molecule has 0 aliphatic carbocycles. The van der Waals surface area contributed by atoms with Crippen molar-refractivity contribution in [2.24, 2.45) is 0 Å². The molecule has 0 rings (SSSR count). The number of hydrogen-bond acceptors (Lipinski definition) is 2. The van der Waals surface area contributed by atoms with Crippen molar-refractivity contribution >= 4 is 18.9 Å². The Bertz CT molecular complexity index is 160. The quantitative estimate of drug-likeness (QED) is 0.694. The van der Waals surface area contributed by atoms with E-state index in [0.717, 1.165) is 0 Å². The monoisotopic (exact) mass is 322 g/mol. The fourth-order valence-electron chi connectivity index (χ4n) is 2.93.